The molecule has 0 unspecified atom stereocenters. The summed E-state index contributed by atoms with van der Waals surface area (Å²) in [6.45, 7) is 8.89. The van der Waals surface area contributed by atoms with Crippen molar-refractivity contribution < 1.29 is 23.5 Å². The molecule has 4 heterocycles. The normalized spacial score (nSPS) is 21.2. The first-order chi connectivity index (χ1) is 18.1. The van der Waals surface area contributed by atoms with E-state index in [9.17, 15) is 18.8 Å². The molecule has 0 saturated heterocycles. The van der Waals surface area contributed by atoms with Crippen LogP contribution in [0.1, 0.15) is 80.0 Å². The number of fused-ring (bicyclic) bond motifs is 5. The van der Waals surface area contributed by atoms with Gasteiger partial charge >= 0.3 is 5.97 Å². The number of nitrogens with one attached hydrogen (secondary N) is 1. The molecule has 9 heteroatoms. The molecule has 1 aromatic carbocycles. The molecular formula is C29H30FN3O5. The third-order valence-electron chi connectivity index (χ3n) is 8.16. The van der Waals surface area contributed by atoms with E-state index in [0.29, 0.717) is 52.9 Å². The smallest absolute Gasteiger partial charge is 0.343 e. The van der Waals surface area contributed by atoms with E-state index in [1.807, 2.05) is 26.8 Å². The van der Waals surface area contributed by atoms with Crippen molar-refractivity contribution in [2.24, 2.45) is 0 Å². The number of amides is 1. The molecule has 0 bridgehead atoms. The molecule has 2 aromatic heterocycles. The van der Waals surface area contributed by atoms with E-state index >= 15 is 0 Å². The van der Waals surface area contributed by atoms with E-state index in [4.69, 9.17) is 14.5 Å². The molecular weight excluding hydrogens is 489 g/mol. The number of halogens is 1. The lowest BCUT2D eigenvalue weighted by atomic mass is 9.81. The zero-order valence-corrected chi connectivity index (χ0v) is 22.2. The molecule has 1 N–H and O–H groups in total. The number of esters is 1. The number of aromatic nitrogens is 2. The van der Waals surface area contributed by atoms with E-state index in [1.54, 1.807) is 11.5 Å². The van der Waals surface area contributed by atoms with Gasteiger partial charge in [0.15, 0.2) is 5.60 Å². The molecule has 2 atom stereocenters. The Balaban J connectivity index is 1.66. The van der Waals surface area contributed by atoms with Gasteiger partial charge in [0.1, 0.15) is 12.4 Å². The number of benzene rings is 1. The third-order valence-corrected chi connectivity index (χ3v) is 8.16. The summed E-state index contributed by atoms with van der Waals surface area (Å²) in [5.74, 6) is -1.01. The van der Waals surface area contributed by atoms with Gasteiger partial charge in [-0.2, -0.15) is 0 Å². The first-order valence-electron chi connectivity index (χ1n) is 13.1. The summed E-state index contributed by atoms with van der Waals surface area (Å²) in [7, 11) is 0. The molecule has 0 saturated carbocycles. The van der Waals surface area contributed by atoms with Crippen LogP contribution < -0.4 is 10.9 Å². The van der Waals surface area contributed by atoms with Gasteiger partial charge in [0.05, 0.1) is 41.2 Å². The van der Waals surface area contributed by atoms with Gasteiger partial charge in [0.2, 0.25) is 5.91 Å². The average Bonchev–Trinajstić information content (AvgIpc) is 3.23. The van der Waals surface area contributed by atoms with Crippen LogP contribution in [0.2, 0.25) is 0 Å². The Kier molecular flexibility index (Phi) is 5.51. The van der Waals surface area contributed by atoms with Crippen LogP contribution in [0.15, 0.2) is 16.9 Å². The molecule has 198 valence electrons. The maximum atomic E-state index is 15.0. The van der Waals surface area contributed by atoms with Crippen LogP contribution in [0, 0.1) is 12.7 Å². The highest BCUT2D eigenvalue weighted by Crippen LogP contribution is 2.46. The van der Waals surface area contributed by atoms with Crippen molar-refractivity contribution >= 4 is 22.8 Å². The van der Waals surface area contributed by atoms with Crippen molar-refractivity contribution in [2.75, 3.05) is 0 Å². The summed E-state index contributed by atoms with van der Waals surface area (Å²) in [5, 5.41) is 3.91. The highest BCUT2D eigenvalue weighted by molar-refractivity contribution is 5.93. The predicted molar refractivity (Wildman–Crippen MR) is 138 cm³/mol. The van der Waals surface area contributed by atoms with Gasteiger partial charge in [0, 0.05) is 29.5 Å². The number of cyclic esters (lactones) is 1. The molecule has 38 heavy (non-hydrogen) atoms. The second-order valence-corrected chi connectivity index (χ2v) is 10.7. The van der Waals surface area contributed by atoms with Crippen LogP contribution >= 0.6 is 0 Å². The maximum absolute atomic E-state index is 15.0. The van der Waals surface area contributed by atoms with Crippen LogP contribution in [-0.2, 0) is 44.2 Å². The lowest BCUT2D eigenvalue weighted by Crippen LogP contribution is -2.47. The Morgan fingerprint density at radius 1 is 1.29 bits per heavy atom. The number of aryl methyl sites for hydroxylation is 1. The minimum atomic E-state index is -1.40. The fraction of sp³-hybridized carbons (Fsp3) is 0.448. The third kappa shape index (κ3) is 3.30. The van der Waals surface area contributed by atoms with E-state index in [2.05, 4.69) is 5.32 Å². The largest absolute Gasteiger partial charge is 0.458 e. The summed E-state index contributed by atoms with van der Waals surface area (Å²) in [6, 6.07) is 2.97. The Hall–Kier alpha value is -3.59. The van der Waals surface area contributed by atoms with E-state index in [-0.39, 0.29) is 42.6 Å². The van der Waals surface area contributed by atoms with E-state index in [0.717, 1.165) is 22.1 Å². The number of rotatable bonds is 4. The van der Waals surface area contributed by atoms with Crippen LogP contribution in [0.4, 0.5) is 4.39 Å². The quantitative estimate of drug-likeness (QED) is 0.408. The van der Waals surface area contributed by atoms with Gasteiger partial charge in [-0.3, -0.25) is 9.59 Å². The maximum Gasteiger partial charge on any atom is 0.343 e. The van der Waals surface area contributed by atoms with E-state index in [1.165, 1.54) is 13.0 Å². The second kappa shape index (κ2) is 8.46. The monoisotopic (exact) mass is 519 g/mol. The van der Waals surface area contributed by atoms with Crippen molar-refractivity contribution in [3.8, 4) is 11.4 Å². The highest BCUT2D eigenvalue weighted by Gasteiger charge is 2.49. The number of ether oxygens (including phenoxy) is 2. The number of carbonyl (C=O) groups excluding carboxylic acids is 2. The van der Waals surface area contributed by atoms with Gasteiger partial charge in [0.25, 0.3) is 5.56 Å². The fourth-order valence-corrected chi connectivity index (χ4v) is 6.53. The molecule has 3 aromatic rings. The van der Waals surface area contributed by atoms with Crippen molar-refractivity contribution in [1.82, 2.24) is 14.9 Å². The van der Waals surface area contributed by atoms with Crippen LogP contribution in [0.25, 0.3) is 22.3 Å². The van der Waals surface area contributed by atoms with Gasteiger partial charge in [-0.25, -0.2) is 14.2 Å². The number of hydrogen-bond donors (Lipinski definition) is 1. The zero-order chi connectivity index (χ0) is 27.1. The van der Waals surface area contributed by atoms with Crippen LogP contribution in [-0.4, -0.2) is 27.5 Å². The Labute approximate surface area is 219 Å². The molecule has 0 fully saturated rings. The van der Waals surface area contributed by atoms with E-state index < -0.39 is 11.6 Å². The van der Waals surface area contributed by atoms with Crippen LogP contribution in [0.5, 0.6) is 0 Å². The number of carbonyl (C=O) groups is 2. The summed E-state index contributed by atoms with van der Waals surface area (Å²) in [6.07, 6.45) is 1.24. The Bertz CT molecular complexity index is 1630. The standard InChI is InChI=1S/C29H30FN3O5/c1-6-29(38-13(2)3)19-9-23-26-17(11-33(23)27(35)18(19)12-37-28(29)36)25-21(31-15(5)34)8-7-16-14(4)20(30)10-22(32-26)24(16)25/h9-10,13,21H,6-8,11-12H2,1-5H3,(H,31,34)/t21-,29-/m0/s1. The van der Waals surface area contributed by atoms with Gasteiger partial charge in [-0.1, -0.05) is 6.92 Å². The first-order valence-corrected chi connectivity index (χ1v) is 13.1. The molecule has 1 amide bonds. The number of pyridine rings is 2. The van der Waals surface area contributed by atoms with Crippen LogP contribution in [0.3, 0.4) is 0 Å². The van der Waals surface area contributed by atoms with Gasteiger partial charge in [-0.15, -0.1) is 0 Å². The Morgan fingerprint density at radius 3 is 2.74 bits per heavy atom. The fourth-order valence-electron chi connectivity index (χ4n) is 6.53. The zero-order valence-electron chi connectivity index (χ0n) is 22.2. The minimum absolute atomic E-state index is 0.127. The lowest BCUT2D eigenvalue weighted by Gasteiger charge is -2.37. The summed E-state index contributed by atoms with van der Waals surface area (Å²) in [4.78, 5) is 44.0. The summed E-state index contributed by atoms with van der Waals surface area (Å²) < 4.78 is 28.2. The molecule has 3 aliphatic rings. The molecule has 1 aliphatic carbocycles. The van der Waals surface area contributed by atoms with Crippen molar-refractivity contribution in [3.05, 3.63) is 61.7 Å². The van der Waals surface area contributed by atoms with Crippen molar-refractivity contribution in [2.45, 2.75) is 84.8 Å². The highest BCUT2D eigenvalue weighted by atomic mass is 19.1. The lowest BCUT2D eigenvalue weighted by molar-refractivity contribution is -0.187. The molecule has 8 nitrogen and oxygen atoms in total. The average molecular weight is 520 g/mol. The number of nitrogens with zero attached hydrogens (tertiary/aromatic N) is 2. The van der Waals surface area contributed by atoms with Gasteiger partial charge < -0.3 is 19.4 Å². The van der Waals surface area contributed by atoms with Crippen molar-refractivity contribution in [1.29, 1.82) is 0 Å². The van der Waals surface area contributed by atoms with Gasteiger partial charge in [-0.05, 0) is 62.8 Å². The minimum Gasteiger partial charge on any atom is -0.458 e. The predicted octanol–water partition coefficient (Wildman–Crippen LogP) is 4.08. The molecule has 0 radical (unpaired) electrons. The SMILES string of the molecule is CC[C@@]1(OC(C)C)C(=O)OCc2c1cc1n(c2=O)Cc2c-1nc1cc(F)c(C)c3c1c2[C@@H](NC(C)=O)CC3. The first kappa shape index (κ1) is 24.7. The Morgan fingerprint density at radius 2 is 2.05 bits per heavy atom. The summed E-state index contributed by atoms with van der Waals surface area (Å²) >= 11 is 0. The topological polar surface area (TPSA) is 99.5 Å². The second-order valence-electron chi connectivity index (χ2n) is 10.7. The summed E-state index contributed by atoms with van der Waals surface area (Å²) in [5.41, 5.74) is 4.02. The molecule has 6 rings (SSSR count). The molecule has 2 aliphatic heterocycles. The number of hydrogen-bond acceptors (Lipinski definition) is 6. The molecule has 0 spiro atoms. The van der Waals surface area contributed by atoms with Crippen molar-refractivity contribution in [3.63, 3.8) is 0 Å².